The summed E-state index contributed by atoms with van der Waals surface area (Å²) in [6.07, 6.45) is 3.95. The van der Waals surface area contributed by atoms with Crippen molar-refractivity contribution in [1.29, 1.82) is 0 Å². The average Bonchev–Trinajstić information content (AvgIpc) is 2.15. The summed E-state index contributed by atoms with van der Waals surface area (Å²) >= 11 is 0. The van der Waals surface area contributed by atoms with Crippen LogP contribution in [0.15, 0.2) is 24.3 Å². The van der Waals surface area contributed by atoms with Crippen LogP contribution in [0, 0.1) is 5.92 Å². The first-order valence-electron chi connectivity index (χ1n) is 5.45. The zero-order valence-electron chi connectivity index (χ0n) is 9.03. The molecule has 2 nitrogen and oxygen atoms in total. The number of hydrogen-bond acceptors (Lipinski definition) is 2. The Morgan fingerprint density at radius 1 is 1.47 bits per heavy atom. The number of ether oxygens (including phenoxy) is 1. The molecule has 0 radical (unpaired) electrons. The van der Waals surface area contributed by atoms with Gasteiger partial charge >= 0.3 is 0 Å². The first-order chi connectivity index (χ1) is 7.29. The highest BCUT2D eigenvalue weighted by atomic mass is 16.5. The third kappa shape index (κ3) is 2.38. The lowest BCUT2D eigenvalue weighted by molar-refractivity contribution is -0.124. The van der Waals surface area contributed by atoms with Gasteiger partial charge in [-0.1, -0.05) is 18.6 Å². The molecule has 0 heterocycles. The monoisotopic (exact) mass is 204 g/mol. The molecule has 0 N–H and O–H groups in total. The highest BCUT2D eigenvalue weighted by Crippen LogP contribution is 2.28. The molecule has 0 amide bonds. The van der Waals surface area contributed by atoms with Gasteiger partial charge in [0.2, 0.25) is 0 Å². The third-order valence-electron chi connectivity index (χ3n) is 3.07. The van der Waals surface area contributed by atoms with Crippen LogP contribution < -0.4 is 4.74 Å². The Hall–Kier alpha value is -1.31. The maximum absolute atomic E-state index is 11.8. The molecule has 15 heavy (non-hydrogen) atoms. The summed E-state index contributed by atoms with van der Waals surface area (Å²) in [5.74, 6) is 1.54. The Labute approximate surface area is 90.3 Å². The average molecular weight is 204 g/mol. The maximum atomic E-state index is 11.8. The molecule has 1 aliphatic rings. The van der Waals surface area contributed by atoms with E-state index in [1.807, 2.05) is 24.3 Å². The molecule has 80 valence electrons. The van der Waals surface area contributed by atoms with Crippen molar-refractivity contribution in [3.63, 3.8) is 0 Å². The summed E-state index contributed by atoms with van der Waals surface area (Å²) in [4.78, 5) is 11.8. The summed E-state index contributed by atoms with van der Waals surface area (Å²) in [5.41, 5.74) is 1.06. The molecule has 0 unspecified atom stereocenters. The molecule has 1 aliphatic carbocycles. The number of methoxy groups -OCH3 is 1. The number of Topliss-reactive ketones (excluding diaryl/α,β-unsaturated/α-hetero) is 1. The van der Waals surface area contributed by atoms with Gasteiger partial charge in [-0.15, -0.1) is 0 Å². The molecule has 0 bridgehead atoms. The van der Waals surface area contributed by atoms with E-state index in [4.69, 9.17) is 4.74 Å². The van der Waals surface area contributed by atoms with Crippen LogP contribution >= 0.6 is 0 Å². The van der Waals surface area contributed by atoms with E-state index in [0.717, 1.165) is 24.2 Å². The summed E-state index contributed by atoms with van der Waals surface area (Å²) < 4.78 is 5.13. The van der Waals surface area contributed by atoms with Crippen molar-refractivity contribution in [3.8, 4) is 5.75 Å². The zero-order valence-corrected chi connectivity index (χ0v) is 9.03. The van der Waals surface area contributed by atoms with Gasteiger partial charge in [0.05, 0.1) is 7.11 Å². The first-order valence-corrected chi connectivity index (χ1v) is 5.45. The summed E-state index contributed by atoms with van der Waals surface area (Å²) in [6.45, 7) is 0. The van der Waals surface area contributed by atoms with Crippen LogP contribution in [0.1, 0.15) is 24.8 Å². The van der Waals surface area contributed by atoms with E-state index in [2.05, 4.69) is 0 Å². The molecule has 2 rings (SSSR count). The van der Waals surface area contributed by atoms with E-state index in [9.17, 15) is 4.79 Å². The second kappa shape index (κ2) is 4.47. The van der Waals surface area contributed by atoms with E-state index in [-0.39, 0.29) is 0 Å². The number of benzene rings is 1. The van der Waals surface area contributed by atoms with Gasteiger partial charge in [-0.2, -0.15) is 0 Å². The lowest BCUT2D eigenvalue weighted by Crippen LogP contribution is -2.23. The Balaban J connectivity index is 1.99. The third-order valence-corrected chi connectivity index (χ3v) is 3.07. The molecular formula is C13H16O2. The van der Waals surface area contributed by atoms with Gasteiger partial charge in [0.25, 0.3) is 0 Å². The van der Waals surface area contributed by atoms with Crippen molar-refractivity contribution in [2.24, 2.45) is 5.92 Å². The molecule has 2 heteroatoms. The van der Waals surface area contributed by atoms with E-state index in [1.165, 1.54) is 6.42 Å². The van der Waals surface area contributed by atoms with Crippen molar-refractivity contribution in [1.82, 2.24) is 0 Å². The minimum atomic E-state index is 0.330. The molecule has 0 saturated heterocycles. The smallest absolute Gasteiger partial charge is 0.140 e. The summed E-state index contributed by atoms with van der Waals surface area (Å²) in [6, 6.07) is 7.76. The highest BCUT2D eigenvalue weighted by Gasteiger charge is 2.24. The minimum absolute atomic E-state index is 0.330. The summed E-state index contributed by atoms with van der Waals surface area (Å²) in [7, 11) is 1.65. The van der Waals surface area contributed by atoms with Gasteiger partial charge in [-0.25, -0.2) is 0 Å². The maximum Gasteiger partial charge on any atom is 0.140 e. The quantitative estimate of drug-likeness (QED) is 0.753. The highest BCUT2D eigenvalue weighted by molar-refractivity contribution is 5.83. The number of hydrogen-bond donors (Lipinski definition) is 0. The van der Waals surface area contributed by atoms with Gasteiger partial charge in [0, 0.05) is 12.3 Å². The van der Waals surface area contributed by atoms with Gasteiger partial charge in [0.15, 0.2) is 0 Å². The van der Waals surface area contributed by atoms with Crippen molar-refractivity contribution in [2.75, 3.05) is 7.11 Å². The van der Waals surface area contributed by atoms with Crippen molar-refractivity contribution in [3.05, 3.63) is 29.8 Å². The fourth-order valence-electron chi connectivity index (χ4n) is 1.86. The van der Waals surface area contributed by atoms with Crippen LogP contribution in [0.5, 0.6) is 5.75 Å². The summed E-state index contributed by atoms with van der Waals surface area (Å²) in [5, 5.41) is 0. The van der Waals surface area contributed by atoms with Crippen LogP contribution in [0.3, 0.4) is 0 Å². The fourth-order valence-corrected chi connectivity index (χ4v) is 1.86. The van der Waals surface area contributed by atoms with Gasteiger partial charge < -0.3 is 4.74 Å². The molecular weight excluding hydrogens is 188 g/mol. The van der Waals surface area contributed by atoms with Crippen molar-refractivity contribution >= 4 is 5.78 Å². The van der Waals surface area contributed by atoms with Crippen molar-refractivity contribution in [2.45, 2.75) is 25.7 Å². The van der Waals surface area contributed by atoms with Crippen LogP contribution in [0.2, 0.25) is 0 Å². The fraction of sp³-hybridized carbons (Fsp3) is 0.462. The molecule has 0 aliphatic heterocycles. The van der Waals surface area contributed by atoms with Crippen LogP contribution in [0.4, 0.5) is 0 Å². The predicted molar refractivity (Wildman–Crippen MR) is 59.0 cm³/mol. The van der Waals surface area contributed by atoms with E-state index >= 15 is 0 Å². The Kier molecular flexibility index (Phi) is 3.05. The van der Waals surface area contributed by atoms with Gasteiger partial charge in [-0.3, -0.25) is 4.79 Å². The second-order valence-corrected chi connectivity index (χ2v) is 4.12. The molecule has 0 aromatic heterocycles. The number of carbonyl (C=O) groups is 1. The lowest BCUT2D eigenvalue weighted by atomic mass is 9.80. The number of ketones is 1. The zero-order chi connectivity index (χ0) is 10.7. The van der Waals surface area contributed by atoms with Crippen LogP contribution in [0.25, 0.3) is 0 Å². The van der Waals surface area contributed by atoms with E-state index < -0.39 is 0 Å². The van der Waals surface area contributed by atoms with Gasteiger partial charge in [-0.05, 0) is 30.5 Å². The van der Waals surface area contributed by atoms with Gasteiger partial charge in [0.1, 0.15) is 11.5 Å². The van der Waals surface area contributed by atoms with E-state index in [1.54, 1.807) is 7.11 Å². The van der Waals surface area contributed by atoms with Crippen molar-refractivity contribution < 1.29 is 9.53 Å². The Morgan fingerprint density at radius 3 is 2.87 bits per heavy atom. The first kappa shape index (κ1) is 10.2. The molecule has 1 aromatic carbocycles. The molecule has 1 aromatic rings. The molecule has 0 spiro atoms. The van der Waals surface area contributed by atoms with Crippen LogP contribution in [-0.2, 0) is 11.2 Å². The Morgan fingerprint density at radius 2 is 2.27 bits per heavy atom. The number of rotatable bonds is 4. The lowest BCUT2D eigenvalue weighted by Gasteiger charge is -2.23. The second-order valence-electron chi connectivity index (χ2n) is 4.12. The largest absolute Gasteiger partial charge is 0.497 e. The normalized spacial score (nSPS) is 15.8. The minimum Gasteiger partial charge on any atom is -0.497 e. The number of carbonyl (C=O) groups excluding carboxylic acids is 1. The topological polar surface area (TPSA) is 26.3 Å². The van der Waals surface area contributed by atoms with E-state index in [0.29, 0.717) is 18.1 Å². The van der Waals surface area contributed by atoms with Crippen LogP contribution in [-0.4, -0.2) is 12.9 Å². The Bertz CT molecular complexity index is 353. The predicted octanol–water partition coefficient (Wildman–Crippen LogP) is 2.61. The molecule has 1 fully saturated rings. The molecule has 1 saturated carbocycles. The standard InChI is InChI=1S/C13H16O2/c1-15-12-7-2-4-10(8-12)9-13(14)11-5-3-6-11/h2,4,7-8,11H,3,5-6,9H2,1H3. The SMILES string of the molecule is COc1cccc(CC(=O)C2CCC2)c1. The molecule has 0 atom stereocenters.